The molecule has 0 spiro atoms. The SMILES string of the molecule is CCCc1cccc(Oc2cccc(NC(=O)c3ccc(CC(C)OCC)nc3C)c2)c1. The van der Waals surface area contributed by atoms with Crippen molar-refractivity contribution in [2.45, 2.75) is 53.1 Å². The Hall–Kier alpha value is -3.18. The third-order valence-electron chi connectivity index (χ3n) is 5.10. The second kappa shape index (κ2) is 11.4. The van der Waals surface area contributed by atoms with Gasteiger partial charge in [-0.05, 0) is 69.2 Å². The van der Waals surface area contributed by atoms with Gasteiger partial charge in [-0.3, -0.25) is 9.78 Å². The Morgan fingerprint density at radius 2 is 1.78 bits per heavy atom. The molecule has 0 saturated heterocycles. The number of hydrogen-bond donors (Lipinski definition) is 1. The lowest BCUT2D eigenvalue weighted by atomic mass is 10.1. The number of anilines is 1. The molecule has 1 N–H and O–H groups in total. The summed E-state index contributed by atoms with van der Waals surface area (Å²) in [6.45, 7) is 8.69. The summed E-state index contributed by atoms with van der Waals surface area (Å²) in [5.41, 5.74) is 4.09. The zero-order chi connectivity index (χ0) is 22.9. The van der Waals surface area contributed by atoms with Gasteiger partial charge in [0.2, 0.25) is 0 Å². The van der Waals surface area contributed by atoms with Gasteiger partial charge in [-0.15, -0.1) is 0 Å². The molecule has 1 atom stereocenters. The van der Waals surface area contributed by atoms with Gasteiger partial charge in [0.05, 0.1) is 17.4 Å². The number of rotatable bonds is 10. The van der Waals surface area contributed by atoms with Gasteiger partial charge in [-0.1, -0.05) is 31.5 Å². The first kappa shape index (κ1) is 23.5. The van der Waals surface area contributed by atoms with Crippen LogP contribution < -0.4 is 10.1 Å². The van der Waals surface area contributed by atoms with E-state index in [4.69, 9.17) is 9.47 Å². The van der Waals surface area contributed by atoms with Gasteiger partial charge in [0, 0.05) is 30.5 Å². The standard InChI is InChI=1S/C27H32N2O3/c1-5-9-21-10-7-12-24(17-21)32-25-13-8-11-22(18-25)29-27(30)26-15-14-23(28-20(26)4)16-19(3)31-6-2/h7-8,10-15,17-19H,5-6,9,16H2,1-4H3,(H,29,30). The van der Waals surface area contributed by atoms with E-state index in [-0.39, 0.29) is 12.0 Å². The molecule has 3 rings (SSSR count). The van der Waals surface area contributed by atoms with Crippen LogP contribution in [-0.4, -0.2) is 23.6 Å². The number of nitrogens with one attached hydrogen (secondary N) is 1. The Bertz CT molecular complexity index is 1050. The number of carbonyl (C=O) groups excluding carboxylic acids is 1. The highest BCUT2D eigenvalue weighted by Crippen LogP contribution is 2.25. The van der Waals surface area contributed by atoms with Gasteiger partial charge in [0.25, 0.3) is 5.91 Å². The second-order valence-electron chi connectivity index (χ2n) is 7.89. The number of pyridine rings is 1. The average Bonchev–Trinajstić information content (AvgIpc) is 2.74. The summed E-state index contributed by atoms with van der Waals surface area (Å²) in [6, 6.07) is 19.2. The second-order valence-corrected chi connectivity index (χ2v) is 7.89. The Labute approximate surface area is 190 Å². The summed E-state index contributed by atoms with van der Waals surface area (Å²) >= 11 is 0. The number of amides is 1. The molecule has 32 heavy (non-hydrogen) atoms. The Morgan fingerprint density at radius 1 is 1.03 bits per heavy atom. The predicted molar refractivity (Wildman–Crippen MR) is 129 cm³/mol. The van der Waals surface area contributed by atoms with E-state index in [1.165, 1.54) is 5.56 Å². The van der Waals surface area contributed by atoms with Crippen molar-refractivity contribution in [2.24, 2.45) is 0 Å². The van der Waals surface area contributed by atoms with E-state index in [1.54, 1.807) is 0 Å². The van der Waals surface area contributed by atoms with Crippen molar-refractivity contribution in [3.63, 3.8) is 0 Å². The lowest BCUT2D eigenvalue weighted by molar-refractivity contribution is 0.0761. The molecular formula is C27H32N2O3. The van der Waals surface area contributed by atoms with Crippen LogP contribution in [0.3, 0.4) is 0 Å². The van der Waals surface area contributed by atoms with E-state index in [0.29, 0.717) is 29.3 Å². The van der Waals surface area contributed by atoms with E-state index < -0.39 is 0 Å². The number of hydrogen-bond acceptors (Lipinski definition) is 4. The van der Waals surface area contributed by atoms with Crippen molar-refractivity contribution in [3.05, 3.63) is 83.2 Å². The number of ether oxygens (including phenoxy) is 2. The maximum Gasteiger partial charge on any atom is 0.257 e. The van der Waals surface area contributed by atoms with Crippen LogP contribution in [0.25, 0.3) is 0 Å². The first-order valence-electron chi connectivity index (χ1n) is 11.2. The third kappa shape index (κ3) is 6.66. The predicted octanol–water partition coefficient (Wildman–Crippen LogP) is 6.35. The number of benzene rings is 2. The molecule has 0 aliphatic carbocycles. The molecule has 0 aliphatic rings. The summed E-state index contributed by atoms with van der Waals surface area (Å²) < 4.78 is 11.6. The van der Waals surface area contributed by atoms with Crippen LogP contribution in [0.2, 0.25) is 0 Å². The highest BCUT2D eigenvalue weighted by molar-refractivity contribution is 6.05. The van der Waals surface area contributed by atoms with E-state index in [1.807, 2.05) is 69.3 Å². The van der Waals surface area contributed by atoms with Crippen molar-refractivity contribution in [2.75, 3.05) is 11.9 Å². The van der Waals surface area contributed by atoms with Gasteiger partial charge in [-0.2, -0.15) is 0 Å². The molecule has 1 unspecified atom stereocenters. The number of aryl methyl sites for hydroxylation is 2. The van der Waals surface area contributed by atoms with Crippen LogP contribution in [0.1, 0.15) is 54.5 Å². The zero-order valence-electron chi connectivity index (χ0n) is 19.4. The van der Waals surface area contributed by atoms with Crippen molar-refractivity contribution in [1.29, 1.82) is 0 Å². The lowest BCUT2D eigenvalue weighted by Gasteiger charge is -2.13. The number of nitrogens with zero attached hydrogens (tertiary/aromatic N) is 1. The van der Waals surface area contributed by atoms with Crippen LogP contribution >= 0.6 is 0 Å². The molecule has 5 nitrogen and oxygen atoms in total. The van der Waals surface area contributed by atoms with Crippen molar-refractivity contribution < 1.29 is 14.3 Å². The fourth-order valence-corrected chi connectivity index (χ4v) is 3.63. The average molecular weight is 433 g/mol. The normalized spacial score (nSPS) is 11.8. The van der Waals surface area contributed by atoms with E-state index in [0.717, 1.165) is 30.7 Å². The van der Waals surface area contributed by atoms with E-state index >= 15 is 0 Å². The van der Waals surface area contributed by atoms with Crippen LogP contribution in [0.4, 0.5) is 5.69 Å². The van der Waals surface area contributed by atoms with E-state index in [2.05, 4.69) is 29.4 Å². The fourth-order valence-electron chi connectivity index (χ4n) is 3.63. The first-order valence-corrected chi connectivity index (χ1v) is 11.2. The molecular weight excluding hydrogens is 400 g/mol. The molecule has 0 radical (unpaired) electrons. The fraction of sp³-hybridized carbons (Fsp3) is 0.333. The minimum Gasteiger partial charge on any atom is -0.457 e. The van der Waals surface area contributed by atoms with Crippen molar-refractivity contribution >= 4 is 11.6 Å². The molecule has 0 bridgehead atoms. The minimum atomic E-state index is -0.193. The van der Waals surface area contributed by atoms with Gasteiger partial charge < -0.3 is 14.8 Å². The summed E-state index contributed by atoms with van der Waals surface area (Å²) in [7, 11) is 0. The van der Waals surface area contributed by atoms with Gasteiger partial charge in [-0.25, -0.2) is 0 Å². The monoisotopic (exact) mass is 432 g/mol. The van der Waals surface area contributed by atoms with Gasteiger partial charge in [0.1, 0.15) is 11.5 Å². The van der Waals surface area contributed by atoms with Crippen LogP contribution in [-0.2, 0) is 17.6 Å². The van der Waals surface area contributed by atoms with Gasteiger partial charge in [0.15, 0.2) is 0 Å². The number of carbonyl (C=O) groups is 1. The minimum absolute atomic E-state index is 0.0944. The van der Waals surface area contributed by atoms with Gasteiger partial charge >= 0.3 is 0 Å². The van der Waals surface area contributed by atoms with Crippen LogP contribution in [0, 0.1) is 6.92 Å². The molecule has 0 fully saturated rings. The largest absolute Gasteiger partial charge is 0.457 e. The molecule has 1 amide bonds. The van der Waals surface area contributed by atoms with Crippen LogP contribution in [0.15, 0.2) is 60.7 Å². The maximum atomic E-state index is 12.8. The molecule has 168 valence electrons. The smallest absolute Gasteiger partial charge is 0.257 e. The molecule has 1 aromatic heterocycles. The molecule has 5 heteroatoms. The third-order valence-corrected chi connectivity index (χ3v) is 5.10. The Kier molecular flexibility index (Phi) is 8.40. The highest BCUT2D eigenvalue weighted by Gasteiger charge is 2.13. The molecule has 0 aliphatic heterocycles. The molecule has 0 saturated carbocycles. The number of aromatic nitrogens is 1. The maximum absolute atomic E-state index is 12.8. The lowest BCUT2D eigenvalue weighted by Crippen LogP contribution is -2.16. The molecule has 2 aromatic carbocycles. The topological polar surface area (TPSA) is 60.5 Å². The Morgan fingerprint density at radius 3 is 2.50 bits per heavy atom. The molecule has 3 aromatic rings. The van der Waals surface area contributed by atoms with Crippen molar-refractivity contribution in [3.8, 4) is 11.5 Å². The quantitative estimate of drug-likeness (QED) is 0.405. The zero-order valence-corrected chi connectivity index (χ0v) is 19.4. The Balaban J connectivity index is 1.67. The summed E-state index contributed by atoms with van der Waals surface area (Å²) in [5, 5.41) is 2.95. The summed E-state index contributed by atoms with van der Waals surface area (Å²) in [4.78, 5) is 17.4. The first-order chi connectivity index (χ1) is 15.5. The highest BCUT2D eigenvalue weighted by atomic mass is 16.5. The van der Waals surface area contributed by atoms with Crippen LogP contribution in [0.5, 0.6) is 11.5 Å². The van der Waals surface area contributed by atoms with Crippen molar-refractivity contribution in [1.82, 2.24) is 4.98 Å². The summed E-state index contributed by atoms with van der Waals surface area (Å²) in [6.07, 6.45) is 2.92. The summed E-state index contributed by atoms with van der Waals surface area (Å²) in [5.74, 6) is 1.27. The molecule has 1 heterocycles. The van der Waals surface area contributed by atoms with E-state index in [9.17, 15) is 4.79 Å².